The van der Waals surface area contributed by atoms with Crippen LogP contribution in [0.15, 0.2) is 30.3 Å². The molecular weight excluding hydrogens is 330 g/mol. The Morgan fingerprint density at radius 2 is 2.04 bits per heavy atom. The van der Waals surface area contributed by atoms with Crippen LogP contribution in [0.3, 0.4) is 0 Å². The van der Waals surface area contributed by atoms with Crippen LogP contribution in [-0.4, -0.2) is 44.3 Å². The summed E-state index contributed by atoms with van der Waals surface area (Å²) in [5.74, 6) is -1.32. The summed E-state index contributed by atoms with van der Waals surface area (Å²) in [6.45, 7) is 2.27. The minimum atomic E-state index is -0.967. The number of aliphatic carboxylic acids is 1. The molecule has 0 radical (unpaired) electrons. The van der Waals surface area contributed by atoms with E-state index in [2.05, 4.69) is 5.10 Å². The first-order chi connectivity index (χ1) is 11.5. The lowest BCUT2D eigenvalue weighted by molar-refractivity contribution is -0.143. The van der Waals surface area contributed by atoms with Gasteiger partial charge in [0.2, 0.25) is 0 Å². The maximum absolute atomic E-state index is 12.8. The maximum Gasteiger partial charge on any atom is 0.326 e. The minimum absolute atomic E-state index is 0.237. The molecule has 0 aliphatic carbocycles. The van der Waals surface area contributed by atoms with E-state index in [4.69, 9.17) is 11.6 Å². The lowest BCUT2D eigenvalue weighted by atomic mass is 10.0. The molecule has 3 rings (SSSR count). The Hall–Kier alpha value is -2.34. The lowest BCUT2D eigenvalue weighted by Gasteiger charge is -2.32. The first-order valence-electron chi connectivity index (χ1n) is 7.84. The zero-order valence-corrected chi connectivity index (χ0v) is 14.0. The predicted molar refractivity (Wildman–Crippen MR) is 89.6 cm³/mol. The molecule has 0 unspecified atom stereocenters. The van der Waals surface area contributed by atoms with Gasteiger partial charge in [0.25, 0.3) is 5.91 Å². The highest BCUT2D eigenvalue weighted by Crippen LogP contribution is 2.23. The van der Waals surface area contributed by atoms with E-state index in [1.165, 1.54) is 4.90 Å². The SMILES string of the molecule is Cc1cc(C(=O)N2CCCC[C@@H]2C(=O)O)nn1-c1ccccc1Cl. The van der Waals surface area contributed by atoms with Crippen LogP contribution in [0.2, 0.25) is 5.02 Å². The maximum atomic E-state index is 12.8. The van der Waals surface area contributed by atoms with E-state index < -0.39 is 12.0 Å². The predicted octanol–water partition coefficient (Wildman–Crippen LogP) is 2.91. The number of rotatable bonds is 3. The van der Waals surface area contributed by atoms with Crippen molar-refractivity contribution in [2.45, 2.75) is 32.2 Å². The van der Waals surface area contributed by atoms with Gasteiger partial charge in [-0.25, -0.2) is 9.48 Å². The number of halogens is 1. The second-order valence-electron chi connectivity index (χ2n) is 5.88. The van der Waals surface area contributed by atoms with Crippen LogP contribution in [0.1, 0.15) is 35.4 Å². The summed E-state index contributed by atoms with van der Waals surface area (Å²) in [5.41, 5.74) is 1.68. The molecule has 1 fully saturated rings. The highest BCUT2D eigenvalue weighted by molar-refractivity contribution is 6.32. The number of benzene rings is 1. The van der Waals surface area contributed by atoms with Gasteiger partial charge in [0.05, 0.1) is 10.7 Å². The molecule has 1 amide bonds. The molecule has 1 aliphatic rings. The summed E-state index contributed by atoms with van der Waals surface area (Å²) < 4.78 is 1.61. The number of likely N-dealkylation sites (tertiary alicyclic amines) is 1. The number of para-hydroxylation sites is 1. The lowest BCUT2D eigenvalue weighted by Crippen LogP contribution is -2.48. The van der Waals surface area contributed by atoms with Gasteiger partial charge in [-0.05, 0) is 44.4 Å². The Bertz CT molecular complexity index is 787. The largest absolute Gasteiger partial charge is 0.480 e. The molecule has 0 saturated carbocycles. The third-order valence-corrected chi connectivity index (χ3v) is 4.56. The molecular formula is C17H18ClN3O3. The number of amides is 1. The molecule has 1 atom stereocenters. The second-order valence-corrected chi connectivity index (χ2v) is 6.29. The standard InChI is InChI=1S/C17H18ClN3O3/c1-11-10-13(19-21(11)14-7-3-2-6-12(14)18)16(22)20-9-5-4-8-15(20)17(23)24/h2-3,6-7,10,15H,4-5,8-9H2,1H3,(H,23,24)/t15-/m1/s1. The van der Waals surface area contributed by atoms with Gasteiger partial charge >= 0.3 is 5.97 Å². The first-order valence-corrected chi connectivity index (χ1v) is 8.22. The van der Waals surface area contributed by atoms with Crippen LogP contribution in [0.5, 0.6) is 0 Å². The molecule has 2 aromatic rings. The summed E-state index contributed by atoms with van der Waals surface area (Å²) in [4.78, 5) is 25.6. The van der Waals surface area contributed by atoms with Crippen molar-refractivity contribution in [3.63, 3.8) is 0 Å². The number of nitrogens with zero attached hydrogens (tertiary/aromatic N) is 3. The average molecular weight is 348 g/mol. The number of carboxylic acids is 1. The fraction of sp³-hybridized carbons (Fsp3) is 0.353. The van der Waals surface area contributed by atoms with Crippen molar-refractivity contribution in [3.8, 4) is 5.69 Å². The fourth-order valence-corrected chi connectivity index (χ4v) is 3.24. The van der Waals surface area contributed by atoms with E-state index >= 15 is 0 Å². The molecule has 2 heterocycles. The normalized spacial score (nSPS) is 17.8. The first kappa shape index (κ1) is 16.5. The molecule has 7 heteroatoms. The highest BCUT2D eigenvalue weighted by Gasteiger charge is 2.33. The van der Waals surface area contributed by atoms with Gasteiger partial charge in [-0.15, -0.1) is 0 Å². The third kappa shape index (κ3) is 3.01. The number of aromatic nitrogens is 2. The van der Waals surface area contributed by atoms with Crippen LogP contribution in [0.4, 0.5) is 0 Å². The fourth-order valence-electron chi connectivity index (χ4n) is 3.02. The van der Waals surface area contributed by atoms with Crippen LogP contribution in [0, 0.1) is 6.92 Å². The van der Waals surface area contributed by atoms with Gasteiger partial charge in [0.15, 0.2) is 5.69 Å². The summed E-state index contributed by atoms with van der Waals surface area (Å²) in [6.07, 6.45) is 2.10. The Morgan fingerprint density at radius 3 is 2.75 bits per heavy atom. The summed E-state index contributed by atoms with van der Waals surface area (Å²) in [6, 6.07) is 8.12. The van der Waals surface area contributed by atoms with E-state index in [0.717, 1.165) is 18.5 Å². The van der Waals surface area contributed by atoms with Crippen molar-refractivity contribution in [2.75, 3.05) is 6.54 Å². The number of carbonyl (C=O) groups is 2. The summed E-state index contributed by atoms with van der Waals surface area (Å²) in [7, 11) is 0. The average Bonchev–Trinajstić information content (AvgIpc) is 2.96. The topological polar surface area (TPSA) is 75.4 Å². The van der Waals surface area contributed by atoms with E-state index in [-0.39, 0.29) is 11.6 Å². The quantitative estimate of drug-likeness (QED) is 0.926. The van der Waals surface area contributed by atoms with E-state index in [0.29, 0.717) is 23.7 Å². The molecule has 1 aromatic heterocycles. The summed E-state index contributed by atoms with van der Waals surface area (Å²) >= 11 is 6.20. The van der Waals surface area contributed by atoms with Crippen molar-refractivity contribution < 1.29 is 14.7 Å². The molecule has 1 N–H and O–H groups in total. The molecule has 0 spiro atoms. The highest BCUT2D eigenvalue weighted by atomic mass is 35.5. The van der Waals surface area contributed by atoms with Crippen molar-refractivity contribution in [1.29, 1.82) is 0 Å². The summed E-state index contributed by atoms with van der Waals surface area (Å²) in [5, 5.41) is 14.2. The monoisotopic (exact) mass is 347 g/mol. The third-order valence-electron chi connectivity index (χ3n) is 4.24. The molecule has 24 heavy (non-hydrogen) atoms. The Morgan fingerprint density at radius 1 is 1.29 bits per heavy atom. The second kappa shape index (κ2) is 6.65. The van der Waals surface area contributed by atoms with Crippen molar-refractivity contribution in [3.05, 3.63) is 46.7 Å². The van der Waals surface area contributed by atoms with E-state index in [1.807, 2.05) is 25.1 Å². The number of hydrogen-bond donors (Lipinski definition) is 1. The van der Waals surface area contributed by atoms with Gasteiger partial charge in [0, 0.05) is 12.2 Å². The molecule has 0 bridgehead atoms. The number of aryl methyl sites for hydroxylation is 1. The van der Waals surface area contributed by atoms with Crippen LogP contribution in [0.25, 0.3) is 5.69 Å². The van der Waals surface area contributed by atoms with Gasteiger partial charge in [-0.3, -0.25) is 4.79 Å². The van der Waals surface area contributed by atoms with Gasteiger partial charge in [0.1, 0.15) is 6.04 Å². The number of piperidine rings is 1. The molecule has 6 nitrogen and oxygen atoms in total. The van der Waals surface area contributed by atoms with E-state index in [9.17, 15) is 14.7 Å². The molecule has 1 aliphatic heterocycles. The van der Waals surface area contributed by atoms with Crippen LogP contribution < -0.4 is 0 Å². The number of carbonyl (C=O) groups excluding carboxylic acids is 1. The van der Waals surface area contributed by atoms with Gasteiger partial charge < -0.3 is 10.0 Å². The zero-order valence-electron chi connectivity index (χ0n) is 13.3. The van der Waals surface area contributed by atoms with Crippen LogP contribution in [-0.2, 0) is 4.79 Å². The Balaban J connectivity index is 1.93. The minimum Gasteiger partial charge on any atom is -0.480 e. The smallest absolute Gasteiger partial charge is 0.326 e. The Kier molecular flexibility index (Phi) is 4.57. The van der Waals surface area contributed by atoms with Crippen LogP contribution >= 0.6 is 11.6 Å². The van der Waals surface area contributed by atoms with Crippen molar-refractivity contribution >= 4 is 23.5 Å². The Labute approximate surface area is 144 Å². The number of hydrogen-bond acceptors (Lipinski definition) is 3. The van der Waals surface area contributed by atoms with Gasteiger partial charge in [-0.1, -0.05) is 23.7 Å². The van der Waals surface area contributed by atoms with Crippen molar-refractivity contribution in [1.82, 2.24) is 14.7 Å². The van der Waals surface area contributed by atoms with Crippen molar-refractivity contribution in [2.24, 2.45) is 0 Å². The molecule has 1 saturated heterocycles. The van der Waals surface area contributed by atoms with E-state index in [1.54, 1.807) is 16.8 Å². The molecule has 126 valence electrons. The van der Waals surface area contributed by atoms with Gasteiger partial charge in [-0.2, -0.15) is 5.10 Å². The number of carboxylic acid groups (broad SMARTS) is 1. The molecule has 1 aromatic carbocycles. The zero-order chi connectivity index (χ0) is 17.3.